The molecule has 0 bridgehead atoms. The van der Waals surface area contributed by atoms with Gasteiger partial charge < -0.3 is 19.2 Å². The van der Waals surface area contributed by atoms with E-state index in [2.05, 4.69) is 12.2 Å². The lowest BCUT2D eigenvalue weighted by atomic mass is 10.2. The second-order valence-electron chi connectivity index (χ2n) is 3.95. The van der Waals surface area contributed by atoms with E-state index in [1.807, 2.05) is 6.07 Å². The Morgan fingerprint density at radius 3 is 3.25 bits per heavy atom. The first-order valence-corrected chi connectivity index (χ1v) is 5.85. The number of furan rings is 1. The maximum Gasteiger partial charge on any atom is 0.133 e. The van der Waals surface area contributed by atoms with E-state index in [1.54, 1.807) is 6.26 Å². The number of ether oxygens (including phenoxy) is 2. The summed E-state index contributed by atoms with van der Waals surface area (Å²) in [5.41, 5.74) is 1.18. The van der Waals surface area contributed by atoms with Gasteiger partial charge in [0.05, 0.1) is 19.0 Å². The monoisotopic (exact) mass is 225 g/mol. The molecule has 1 atom stereocenters. The molecule has 1 aromatic rings. The zero-order valence-corrected chi connectivity index (χ0v) is 9.70. The van der Waals surface area contributed by atoms with Gasteiger partial charge >= 0.3 is 0 Å². The van der Waals surface area contributed by atoms with Gasteiger partial charge in [-0.1, -0.05) is 6.92 Å². The molecule has 1 aliphatic rings. The summed E-state index contributed by atoms with van der Waals surface area (Å²) >= 11 is 0. The van der Waals surface area contributed by atoms with Crippen LogP contribution >= 0.6 is 0 Å². The number of nitrogens with one attached hydrogen (secondary N) is 1. The van der Waals surface area contributed by atoms with Crippen LogP contribution in [0, 0.1) is 0 Å². The second kappa shape index (κ2) is 6.03. The summed E-state index contributed by atoms with van der Waals surface area (Å²) in [5, 5.41) is 3.28. The van der Waals surface area contributed by atoms with Crippen LogP contribution in [-0.4, -0.2) is 25.9 Å². The molecule has 2 heterocycles. The Balaban J connectivity index is 1.80. The molecular weight excluding hydrogens is 206 g/mol. The molecule has 16 heavy (non-hydrogen) atoms. The predicted molar refractivity (Wildman–Crippen MR) is 60.1 cm³/mol. The van der Waals surface area contributed by atoms with Crippen LogP contribution in [0.15, 0.2) is 16.7 Å². The lowest BCUT2D eigenvalue weighted by Gasteiger charge is -2.09. The van der Waals surface area contributed by atoms with Gasteiger partial charge in [0.2, 0.25) is 0 Å². The lowest BCUT2D eigenvalue weighted by molar-refractivity contribution is 0.0230. The first-order valence-electron chi connectivity index (χ1n) is 5.85. The fourth-order valence-corrected chi connectivity index (χ4v) is 1.75. The van der Waals surface area contributed by atoms with Crippen LogP contribution in [0.25, 0.3) is 0 Å². The summed E-state index contributed by atoms with van der Waals surface area (Å²) in [5.74, 6) is 0.924. The fraction of sp³-hybridized carbons (Fsp3) is 0.667. The summed E-state index contributed by atoms with van der Waals surface area (Å²) in [6.07, 6.45) is 2.94. The minimum Gasteiger partial charge on any atom is -0.467 e. The first kappa shape index (κ1) is 11.6. The van der Waals surface area contributed by atoms with E-state index < -0.39 is 0 Å². The average Bonchev–Trinajstić information content (AvgIpc) is 2.94. The zero-order valence-electron chi connectivity index (χ0n) is 9.70. The molecule has 4 nitrogen and oxygen atoms in total. The molecule has 0 amide bonds. The highest BCUT2D eigenvalue weighted by Crippen LogP contribution is 2.15. The number of hydrogen-bond acceptors (Lipinski definition) is 4. The Morgan fingerprint density at radius 1 is 1.56 bits per heavy atom. The first-order chi connectivity index (χ1) is 7.90. The summed E-state index contributed by atoms with van der Waals surface area (Å²) in [6.45, 7) is 5.96. The largest absolute Gasteiger partial charge is 0.467 e. The molecule has 1 N–H and O–H groups in total. The molecular formula is C12H19NO3. The highest BCUT2D eigenvalue weighted by Gasteiger charge is 2.17. The third kappa shape index (κ3) is 3.07. The van der Waals surface area contributed by atoms with Crippen molar-refractivity contribution in [3.63, 3.8) is 0 Å². The SMILES string of the molecule is CCNCc1ccoc1COC1CCOC1. The van der Waals surface area contributed by atoms with Crippen molar-refractivity contribution in [3.8, 4) is 0 Å². The van der Waals surface area contributed by atoms with Crippen molar-refractivity contribution in [2.45, 2.75) is 32.6 Å². The van der Waals surface area contributed by atoms with Crippen molar-refractivity contribution < 1.29 is 13.9 Å². The molecule has 1 aliphatic heterocycles. The van der Waals surface area contributed by atoms with Crippen molar-refractivity contribution in [2.75, 3.05) is 19.8 Å². The van der Waals surface area contributed by atoms with Gasteiger partial charge in [-0.2, -0.15) is 0 Å². The quantitative estimate of drug-likeness (QED) is 0.800. The third-order valence-electron chi connectivity index (χ3n) is 2.74. The smallest absolute Gasteiger partial charge is 0.133 e. The van der Waals surface area contributed by atoms with Gasteiger partial charge in [-0.25, -0.2) is 0 Å². The molecule has 1 aromatic heterocycles. The summed E-state index contributed by atoms with van der Waals surface area (Å²) in [4.78, 5) is 0. The Kier molecular flexibility index (Phi) is 4.39. The van der Waals surface area contributed by atoms with E-state index in [9.17, 15) is 0 Å². The van der Waals surface area contributed by atoms with E-state index in [4.69, 9.17) is 13.9 Å². The molecule has 1 saturated heterocycles. The highest BCUT2D eigenvalue weighted by molar-refractivity contribution is 5.16. The third-order valence-corrected chi connectivity index (χ3v) is 2.74. The lowest BCUT2D eigenvalue weighted by Crippen LogP contribution is -2.15. The standard InChI is InChI=1S/C12H19NO3/c1-2-13-7-10-3-6-15-12(10)9-16-11-4-5-14-8-11/h3,6,11,13H,2,4-5,7-9H2,1H3. The molecule has 0 aliphatic carbocycles. The van der Waals surface area contributed by atoms with Crippen LogP contribution in [-0.2, 0) is 22.6 Å². The van der Waals surface area contributed by atoms with Crippen molar-refractivity contribution in [2.24, 2.45) is 0 Å². The molecule has 1 unspecified atom stereocenters. The van der Waals surface area contributed by atoms with E-state index in [1.165, 1.54) is 5.56 Å². The minimum absolute atomic E-state index is 0.233. The van der Waals surface area contributed by atoms with Crippen LogP contribution in [0.1, 0.15) is 24.7 Å². The Morgan fingerprint density at radius 2 is 2.50 bits per heavy atom. The molecule has 4 heteroatoms. The van der Waals surface area contributed by atoms with E-state index >= 15 is 0 Å². The highest BCUT2D eigenvalue weighted by atomic mass is 16.5. The fourth-order valence-electron chi connectivity index (χ4n) is 1.75. The van der Waals surface area contributed by atoms with Crippen molar-refractivity contribution in [1.82, 2.24) is 5.32 Å². The summed E-state index contributed by atoms with van der Waals surface area (Å²) in [7, 11) is 0. The minimum atomic E-state index is 0.233. The summed E-state index contributed by atoms with van der Waals surface area (Å²) < 4.78 is 16.4. The van der Waals surface area contributed by atoms with Gasteiger partial charge in [-0.3, -0.25) is 0 Å². The maximum absolute atomic E-state index is 5.72. The van der Waals surface area contributed by atoms with E-state index in [0.29, 0.717) is 13.2 Å². The van der Waals surface area contributed by atoms with Crippen LogP contribution < -0.4 is 5.32 Å². The van der Waals surface area contributed by atoms with Crippen molar-refractivity contribution >= 4 is 0 Å². The molecule has 0 radical (unpaired) electrons. The second-order valence-corrected chi connectivity index (χ2v) is 3.95. The van der Waals surface area contributed by atoms with Gasteiger partial charge in [0.25, 0.3) is 0 Å². The topological polar surface area (TPSA) is 43.6 Å². The normalized spacial score (nSPS) is 20.4. The molecule has 2 rings (SSSR count). The molecule has 1 fully saturated rings. The number of hydrogen-bond donors (Lipinski definition) is 1. The zero-order chi connectivity index (χ0) is 11.2. The Hall–Kier alpha value is -0.840. The maximum atomic E-state index is 5.72. The van der Waals surface area contributed by atoms with Gasteiger partial charge in [0.1, 0.15) is 12.4 Å². The van der Waals surface area contributed by atoms with Crippen LogP contribution in [0.4, 0.5) is 0 Å². The van der Waals surface area contributed by atoms with Crippen molar-refractivity contribution in [1.29, 1.82) is 0 Å². The van der Waals surface area contributed by atoms with Crippen LogP contribution in [0.3, 0.4) is 0 Å². The van der Waals surface area contributed by atoms with Gasteiger partial charge in [-0.05, 0) is 19.0 Å². The Bertz CT molecular complexity index is 305. The van der Waals surface area contributed by atoms with Crippen LogP contribution in [0.5, 0.6) is 0 Å². The number of rotatable bonds is 6. The predicted octanol–water partition coefficient (Wildman–Crippen LogP) is 1.69. The summed E-state index contributed by atoms with van der Waals surface area (Å²) in [6, 6.07) is 1.99. The Labute approximate surface area is 95.9 Å². The molecule has 90 valence electrons. The molecule has 0 spiro atoms. The van der Waals surface area contributed by atoms with Gasteiger partial charge in [0.15, 0.2) is 0 Å². The van der Waals surface area contributed by atoms with Crippen molar-refractivity contribution in [3.05, 3.63) is 23.7 Å². The molecule has 0 saturated carbocycles. The average molecular weight is 225 g/mol. The van der Waals surface area contributed by atoms with E-state index in [0.717, 1.165) is 31.9 Å². The van der Waals surface area contributed by atoms with E-state index in [-0.39, 0.29) is 6.10 Å². The van der Waals surface area contributed by atoms with Gasteiger partial charge in [-0.15, -0.1) is 0 Å². The molecule has 0 aromatic carbocycles. The van der Waals surface area contributed by atoms with Gasteiger partial charge in [0, 0.05) is 18.7 Å². The van der Waals surface area contributed by atoms with Crippen LogP contribution in [0.2, 0.25) is 0 Å².